The molecular formula is C15H24N2. The molecule has 2 rings (SSSR count). The van der Waals surface area contributed by atoms with E-state index in [1.807, 2.05) is 18.5 Å². The van der Waals surface area contributed by atoms with E-state index in [0.717, 1.165) is 6.54 Å². The first-order valence-electron chi connectivity index (χ1n) is 6.78. The zero-order valence-electron chi connectivity index (χ0n) is 11.1. The standard InChI is InChI=1S/C15H24N2/c1-15(2)8-3-6-14(7-9-15)17-12-13-5-4-10-16-11-13/h4-5,10-11,14,17H,3,6-9,12H2,1-2H3. The molecule has 1 aromatic heterocycles. The van der Waals surface area contributed by atoms with Gasteiger partial charge in [-0.05, 0) is 42.7 Å². The van der Waals surface area contributed by atoms with Gasteiger partial charge in [0.05, 0.1) is 0 Å². The van der Waals surface area contributed by atoms with E-state index in [-0.39, 0.29) is 0 Å². The molecule has 0 aromatic carbocycles. The fraction of sp³-hybridized carbons (Fsp3) is 0.667. The molecule has 94 valence electrons. The van der Waals surface area contributed by atoms with Crippen LogP contribution in [0.5, 0.6) is 0 Å². The Morgan fingerprint density at radius 1 is 1.35 bits per heavy atom. The van der Waals surface area contributed by atoms with Crippen molar-refractivity contribution in [2.45, 2.75) is 58.5 Å². The van der Waals surface area contributed by atoms with Gasteiger partial charge in [0.25, 0.3) is 0 Å². The van der Waals surface area contributed by atoms with E-state index in [2.05, 4.69) is 30.2 Å². The van der Waals surface area contributed by atoms with Gasteiger partial charge in [0.2, 0.25) is 0 Å². The van der Waals surface area contributed by atoms with Gasteiger partial charge in [-0.1, -0.05) is 26.3 Å². The lowest BCUT2D eigenvalue weighted by molar-refractivity contribution is 0.309. The first kappa shape index (κ1) is 12.6. The number of hydrogen-bond acceptors (Lipinski definition) is 2. The molecule has 1 N–H and O–H groups in total. The lowest BCUT2D eigenvalue weighted by atomic mass is 9.85. The molecule has 1 saturated carbocycles. The Hall–Kier alpha value is -0.890. The van der Waals surface area contributed by atoms with Gasteiger partial charge >= 0.3 is 0 Å². The topological polar surface area (TPSA) is 24.9 Å². The summed E-state index contributed by atoms with van der Waals surface area (Å²) < 4.78 is 0. The van der Waals surface area contributed by atoms with Gasteiger partial charge in [0, 0.05) is 25.0 Å². The van der Waals surface area contributed by atoms with Crippen molar-refractivity contribution < 1.29 is 0 Å². The van der Waals surface area contributed by atoms with Crippen LogP contribution in [-0.2, 0) is 6.54 Å². The molecule has 0 spiro atoms. The molecule has 1 fully saturated rings. The van der Waals surface area contributed by atoms with Crippen molar-refractivity contribution in [2.75, 3.05) is 0 Å². The number of nitrogens with one attached hydrogen (secondary N) is 1. The summed E-state index contributed by atoms with van der Waals surface area (Å²) in [7, 11) is 0. The Kier molecular flexibility index (Phi) is 4.16. The summed E-state index contributed by atoms with van der Waals surface area (Å²) in [6, 6.07) is 4.84. The summed E-state index contributed by atoms with van der Waals surface area (Å²) in [6.07, 6.45) is 10.5. The predicted molar refractivity (Wildman–Crippen MR) is 71.7 cm³/mol. The monoisotopic (exact) mass is 232 g/mol. The van der Waals surface area contributed by atoms with Crippen molar-refractivity contribution in [3.05, 3.63) is 30.1 Å². The Bertz CT molecular complexity index is 332. The van der Waals surface area contributed by atoms with Crippen LogP contribution >= 0.6 is 0 Å². The van der Waals surface area contributed by atoms with Gasteiger partial charge in [-0.15, -0.1) is 0 Å². The van der Waals surface area contributed by atoms with Crippen molar-refractivity contribution in [1.29, 1.82) is 0 Å². The Balaban J connectivity index is 1.80. The summed E-state index contributed by atoms with van der Waals surface area (Å²) in [6.45, 7) is 5.76. The van der Waals surface area contributed by atoms with E-state index in [9.17, 15) is 0 Å². The van der Waals surface area contributed by atoms with Gasteiger partial charge in [-0.3, -0.25) is 4.98 Å². The van der Waals surface area contributed by atoms with E-state index >= 15 is 0 Å². The minimum absolute atomic E-state index is 0.546. The highest BCUT2D eigenvalue weighted by Crippen LogP contribution is 2.33. The normalized spacial score (nSPS) is 24.2. The minimum Gasteiger partial charge on any atom is -0.310 e. The highest BCUT2D eigenvalue weighted by molar-refractivity contribution is 5.08. The van der Waals surface area contributed by atoms with E-state index in [1.165, 1.54) is 37.7 Å². The maximum atomic E-state index is 4.15. The maximum Gasteiger partial charge on any atom is 0.0312 e. The van der Waals surface area contributed by atoms with Crippen LogP contribution < -0.4 is 5.32 Å². The summed E-state index contributed by atoms with van der Waals surface area (Å²) in [5.41, 5.74) is 1.83. The van der Waals surface area contributed by atoms with Crippen molar-refractivity contribution in [2.24, 2.45) is 5.41 Å². The van der Waals surface area contributed by atoms with Gasteiger partial charge in [0.15, 0.2) is 0 Å². The molecular weight excluding hydrogens is 208 g/mol. The lowest BCUT2D eigenvalue weighted by Crippen LogP contribution is -2.28. The number of nitrogens with zero attached hydrogens (tertiary/aromatic N) is 1. The Morgan fingerprint density at radius 2 is 2.24 bits per heavy atom. The first-order chi connectivity index (χ1) is 8.16. The molecule has 1 atom stereocenters. The zero-order valence-corrected chi connectivity index (χ0v) is 11.1. The molecule has 1 aromatic rings. The minimum atomic E-state index is 0.546. The first-order valence-corrected chi connectivity index (χ1v) is 6.78. The quantitative estimate of drug-likeness (QED) is 0.806. The highest BCUT2D eigenvalue weighted by atomic mass is 14.9. The van der Waals surface area contributed by atoms with Crippen LogP contribution in [0.15, 0.2) is 24.5 Å². The van der Waals surface area contributed by atoms with Crippen molar-refractivity contribution >= 4 is 0 Å². The SMILES string of the molecule is CC1(C)CCCC(NCc2cccnc2)CC1. The van der Waals surface area contributed by atoms with Crippen molar-refractivity contribution in [3.8, 4) is 0 Å². The van der Waals surface area contributed by atoms with E-state index in [1.54, 1.807) is 0 Å². The summed E-state index contributed by atoms with van der Waals surface area (Å²) in [5, 5.41) is 3.68. The molecule has 1 aliphatic rings. The number of hydrogen-bond donors (Lipinski definition) is 1. The molecule has 0 saturated heterocycles. The van der Waals surface area contributed by atoms with Crippen LogP contribution in [0.3, 0.4) is 0 Å². The van der Waals surface area contributed by atoms with Crippen LogP contribution in [0, 0.1) is 5.41 Å². The third kappa shape index (κ3) is 4.12. The number of rotatable bonds is 3. The van der Waals surface area contributed by atoms with Crippen LogP contribution in [0.1, 0.15) is 51.5 Å². The van der Waals surface area contributed by atoms with E-state index in [0.29, 0.717) is 11.5 Å². The molecule has 1 heterocycles. The van der Waals surface area contributed by atoms with Crippen LogP contribution in [0.25, 0.3) is 0 Å². The zero-order chi connectivity index (χ0) is 12.1. The third-order valence-electron chi connectivity index (χ3n) is 3.89. The van der Waals surface area contributed by atoms with Gasteiger partial charge in [-0.2, -0.15) is 0 Å². The third-order valence-corrected chi connectivity index (χ3v) is 3.89. The predicted octanol–water partition coefficient (Wildman–Crippen LogP) is 3.53. The lowest BCUT2D eigenvalue weighted by Gasteiger charge is -2.22. The maximum absolute atomic E-state index is 4.15. The fourth-order valence-corrected chi connectivity index (χ4v) is 2.63. The molecule has 17 heavy (non-hydrogen) atoms. The average molecular weight is 232 g/mol. The van der Waals surface area contributed by atoms with Gasteiger partial charge in [-0.25, -0.2) is 0 Å². The molecule has 0 aliphatic heterocycles. The molecule has 0 amide bonds. The summed E-state index contributed by atoms with van der Waals surface area (Å²) in [5.74, 6) is 0. The second kappa shape index (κ2) is 5.63. The Morgan fingerprint density at radius 3 is 3.00 bits per heavy atom. The van der Waals surface area contributed by atoms with E-state index in [4.69, 9.17) is 0 Å². The largest absolute Gasteiger partial charge is 0.310 e. The molecule has 0 radical (unpaired) electrons. The second-order valence-electron chi connectivity index (χ2n) is 6.03. The Labute approximate surface area is 105 Å². The summed E-state index contributed by atoms with van der Waals surface area (Å²) in [4.78, 5) is 4.15. The molecule has 2 heteroatoms. The fourth-order valence-electron chi connectivity index (χ4n) is 2.63. The van der Waals surface area contributed by atoms with Gasteiger partial charge < -0.3 is 5.32 Å². The number of pyridine rings is 1. The van der Waals surface area contributed by atoms with Crippen molar-refractivity contribution in [3.63, 3.8) is 0 Å². The highest BCUT2D eigenvalue weighted by Gasteiger charge is 2.23. The second-order valence-corrected chi connectivity index (χ2v) is 6.03. The van der Waals surface area contributed by atoms with Crippen LogP contribution in [0.4, 0.5) is 0 Å². The molecule has 1 unspecified atom stereocenters. The summed E-state index contributed by atoms with van der Waals surface area (Å²) >= 11 is 0. The molecule has 2 nitrogen and oxygen atoms in total. The van der Waals surface area contributed by atoms with E-state index < -0.39 is 0 Å². The van der Waals surface area contributed by atoms with Gasteiger partial charge in [0.1, 0.15) is 0 Å². The molecule has 0 bridgehead atoms. The van der Waals surface area contributed by atoms with Crippen LogP contribution in [-0.4, -0.2) is 11.0 Å². The van der Waals surface area contributed by atoms with Crippen LogP contribution in [0.2, 0.25) is 0 Å². The average Bonchev–Trinajstić information content (AvgIpc) is 2.49. The molecule has 1 aliphatic carbocycles. The number of aromatic nitrogens is 1. The van der Waals surface area contributed by atoms with Crippen molar-refractivity contribution in [1.82, 2.24) is 10.3 Å². The smallest absolute Gasteiger partial charge is 0.0312 e.